The number of nitrogens with two attached hydrogens (primary N) is 1. The van der Waals surface area contributed by atoms with Gasteiger partial charge in [-0.1, -0.05) is 23.7 Å². The van der Waals surface area contributed by atoms with Crippen LogP contribution in [0.15, 0.2) is 18.2 Å². The monoisotopic (exact) mass is 173 g/mol. The Hall–Kier alpha value is -0.600. The second kappa shape index (κ2) is 3.69. The van der Waals surface area contributed by atoms with Gasteiger partial charge in [0.2, 0.25) is 0 Å². The van der Waals surface area contributed by atoms with Crippen LogP contribution >= 0.6 is 11.6 Å². The van der Waals surface area contributed by atoms with Gasteiger partial charge in [-0.3, -0.25) is 0 Å². The lowest BCUT2D eigenvalue weighted by molar-refractivity contribution is 0.626. The van der Waals surface area contributed by atoms with Gasteiger partial charge in [-0.25, -0.2) is 4.39 Å². The van der Waals surface area contributed by atoms with Gasteiger partial charge in [-0.15, -0.1) is 0 Å². The Morgan fingerprint density at radius 2 is 2.18 bits per heavy atom. The molecule has 0 radical (unpaired) electrons. The maximum atomic E-state index is 12.7. The molecule has 11 heavy (non-hydrogen) atoms. The van der Waals surface area contributed by atoms with Crippen LogP contribution in [0.3, 0.4) is 0 Å². The van der Waals surface area contributed by atoms with E-state index < -0.39 is 0 Å². The fourth-order valence-corrected chi connectivity index (χ4v) is 1.12. The van der Waals surface area contributed by atoms with E-state index >= 15 is 0 Å². The molecule has 60 valence electrons. The first kappa shape index (κ1) is 8.50. The Morgan fingerprint density at radius 3 is 2.82 bits per heavy atom. The van der Waals surface area contributed by atoms with Gasteiger partial charge in [-0.05, 0) is 24.6 Å². The molecule has 1 aromatic carbocycles. The summed E-state index contributed by atoms with van der Waals surface area (Å²) in [5, 5.41) is 0.193. The zero-order valence-electron chi connectivity index (χ0n) is 5.98. The summed E-state index contributed by atoms with van der Waals surface area (Å²) in [6.07, 6.45) is 0.622. The van der Waals surface area contributed by atoms with Crippen molar-refractivity contribution in [1.82, 2.24) is 0 Å². The summed E-state index contributed by atoms with van der Waals surface area (Å²) in [5.41, 5.74) is 6.07. The third-order valence-corrected chi connectivity index (χ3v) is 1.87. The number of hydrogen-bond acceptors (Lipinski definition) is 1. The van der Waals surface area contributed by atoms with E-state index in [9.17, 15) is 4.39 Å². The van der Waals surface area contributed by atoms with Crippen LogP contribution in [-0.4, -0.2) is 6.54 Å². The van der Waals surface area contributed by atoms with Gasteiger partial charge in [0.15, 0.2) is 0 Å². The van der Waals surface area contributed by atoms with Crippen molar-refractivity contribution >= 4 is 11.6 Å². The van der Waals surface area contributed by atoms with Crippen LogP contribution in [0.25, 0.3) is 0 Å². The van der Waals surface area contributed by atoms with Gasteiger partial charge in [0.05, 0.1) is 5.02 Å². The minimum Gasteiger partial charge on any atom is -0.330 e. The van der Waals surface area contributed by atoms with E-state index in [1.165, 1.54) is 6.07 Å². The highest BCUT2D eigenvalue weighted by molar-refractivity contribution is 6.31. The molecule has 0 aliphatic rings. The minimum absolute atomic E-state index is 0.193. The molecule has 3 heteroatoms. The molecular formula is C8H9ClFN. The van der Waals surface area contributed by atoms with Crippen molar-refractivity contribution in [3.05, 3.63) is 34.6 Å². The summed E-state index contributed by atoms with van der Waals surface area (Å²) < 4.78 is 12.7. The van der Waals surface area contributed by atoms with Crippen molar-refractivity contribution < 1.29 is 4.39 Å². The standard InChI is InChI=1S/C8H9ClFN/c9-8-6(4-5-11)2-1-3-7(8)10/h1-3H,4-5,11H2. The summed E-state index contributed by atoms with van der Waals surface area (Å²) in [7, 11) is 0. The maximum Gasteiger partial charge on any atom is 0.142 e. The maximum absolute atomic E-state index is 12.7. The molecule has 0 aliphatic carbocycles. The van der Waals surface area contributed by atoms with Gasteiger partial charge in [0.25, 0.3) is 0 Å². The molecule has 1 aromatic rings. The summed E-state index contributed by atoms with van der Waals surface area (Å²) in [6.45, 7) is 0.489. The number of benzene rings is 1. The molecule has 0 aromatic heterocycles. The molecular weight excluding hydrogens is 165 g/mol. The zero-order valence-corrected chi connectivity index (χ0v) is 6.74. The van der Waals surface area contributed by atoms with Gasteiger partial charge >= 0.3 is 0 Å². The second-order valence-electron chi connectivity index (χ2n) is 2.25. The topological polar surface area (TPSA) is 26.0 Å². The lowest BCUT2D eigenvalue weighted by atomic mass is 10.1. The summed E-state index contributed by atoms with van der Waals surface area (Å²) in [4.78, 5) is 0. The fraction of sp³-hybridized carbons (Fsp3) is 0.250. The van der Waals surface area contributed by atoms with Crippen molar-refractivity contribution in [2.45, 2.75) is 6.42 Å². The molecule has 2 N–H and O–H groups in total. The Bertz CT molecular complexity index is 250. The van der Waals surface area contributed by atoms with Crippen molar-refractivity contribution in [2.75, 3.05) is 6.54 Å². The molecule has 0 amide bonds. The van der Waals surface area contributed by atoms with Crippen molar-refractivity contribution in [2.24, 2.45) is 5.73 Å². The Labute approximate surface area is 70.0 Å². The molecule has 1 rings (SSSR count). The predicted octanol–water partition coefficient (Wildman–Crippen LogP) is 1.98. The van der Waals surface area contributed by atoms with Crippen LogP contribution in [-0.2, 0) is 6.42 Å². The van der Waals surface area contributed by atoms with E-state index in [4.69, 9.17) is 17.3 Å². The average Bonchev–Trinajstić information content (AvgIpc) is 1.99. The van der Waals surface area contributed by atoms with E-state index in [1.807, 2.05) is 0 Å². The molecule has 0 aliphatic heterocycles. The Kier molecular flexibility index (Phi) is 2.85. The van der Waals surface area contributed by atoms with E-state index in [0.717, 1.165) is 5.56 Å². The molecule has 0 heterocycles. The zero-order chi connectivity index (χ0) is 8.27. The van der Waals surface area contributed by atoms with Gasteiger partial charge < -0.3 is 5.73 Å². The number of hydrogen-bond donors (Lipinski definition) is 1. The summed E-state index contributed by atoms with van der Waals surface area (Å²) in [6, 6.07) is 4.74. The first-order valence-electron chi connectivity index (χ1n) is 3.38. The normalized spacial score (nSPS) is 10.1. The largest absolute Gasteiger partial charge is 0.330 e. The predicted molar refractivity (Wildman–Crippen MR) is 44.2 cm³/mol. The Morgan fingerprint density at radius 1 is 1.45 bits per heavy atom. The summed E-state index contributed by atoms with van der Waals surface area (Å²) in [5.74, 6) is -0.377. The molecule has 0 saturated carbocycles. The van der Waals surface area contributed by atoms with Gasteiger partial charge in [0.1, 0.15) is 5.82 Å². The highest BCUT2D eigenvalue weighted by atomic mass is 35.5. The van der Waals surface area contributed by atoms with Crippen LogP contribution in [0.1, 0.15) is 5.56 Å². The van der Waals surface area contributed by atoms with Crippen LogP contribution < -0.4 is 5.73 Å². The highest BCUT2D eigenvalue weighted by Crippen LogP contribution is 2.19. The first-order chi connectivity index (χ1) is 5.25. The third-order valence-electron chi connectivity index (χ3n) is 1.45. The third kappa shape index (κ3) is 1.91. The lowest BCUT2D eigenvalue weighted by Gasteiger charge is -2.01. The average molecular weight is 174 g/mol. The molecule has 1 nitrogen and oxygen atoms in total. The highest BCUT2D eigenvalue weighted by Gasteiger charge is 2.03. The SMILES string of the molecule is NCCc1cccc(F)c1Cl. The van der Waals surface area contributed by atoms with Crippen LogP contribution in [0.5, 0.6) is 0 Å². The van der Waals surface area contributed by atoms with E-state index in [1.54, 1.807) is 12.1 Å². The number of halogens is 2. The fourth-order valence-electron chi connectivity index (χ4n) is 0.897. The molecule has 0 spiro atoms. The quantitative estimate of drug-likeness (QED) is 0.727. The minimum atomic E-state index is -0.377. The van der Waals surface area contributed by atoms with Crippen molar-refractivity contribution in [3.8, 4) is 0 Å². The number of rotatable bonds is 2. The van der Waals surface area contributed by atoms with Crippen molar-refractivity contribution in [1.29, 1.82) is 0 Å². The molecule has 0 saturated heterocycles. The molecule has 0 unspecified atom stereocenters. The van der Waals surface area contributed by atoms with Crippen LogP contribution in [0.2, 0.25) is 5.02 Å². The molecule has 0 bridgehead atoms. The van der Waals surface area contributed by atoms with Gasteiger partial charge in [0, 0.05) is 0 Å². The van der Waals surface area contributed by atoms with Crippen LogP contribution in [0.4, 0.5) is 4.39 Å². The van der Waals surface area contributed by atoms with Gasteiger partial charge in [-0.2, -0.15) is 0 Å². The second-order valence-corrected chi connectivity index (χ2v) is 2.63. The molecule has 0 atom stereocenters. The van der Waals surface area contributed by atoms with E-state index in [-0.39, 0.29) is 10.8 Å². The lowest BCUT2D eigenvalue weighted by Crippen LogP contribution is -2.03. The molecule has 0 fully saturated rings. The van der Waals surface area contributed by atoms with E-state index in [0.29, 0.717) is 13.0 Å². The Balaban J connectivity index is 2.96. The smallest absolute Gasteiger partial charge is 0.142 e. The summed E-state index contributed by atoms with van der Waals surface area (Å²) >= 11 is 5.64. The van der Waals surface area contributed by atoms with E-state index in [2.05, 4.69) is 0 Å². The first-order valence-corrected chi connectivity index (χ1v) is 3.76. The van der Waals surface area contributed by atoms with Crippen LogP contribution in [0, 0.1) is 5.82 Å². The van der Waals surface area contributed by atoms with Crippen molar-refractivity contribution in [3.63, 3.8) is 0 Å².